The van der Waals surface area contributed by atoms with Gasteiger partial charge in [-0.25, -0.2) is 0 Å². The highest BCUT2D eigenvalue weighted by atomic mass is 16.6. The summed E-state index contributed by atoms with van der Waals surface area (Å²) in [7, 11) is 3.77. The molecule has 9 nitrogen and oxygen atoms in total. The van der Waals surface area contributed by atoms with Gasteiger partial charge in [-0.05, 0) is 44.1 Å². The maximum atomic E-state index is 12.1. The zero-order valence-corrected chi connectivity index (χ0v) is 19.2. The van der Waals surface area contributed by atoms with E-state index in [0.29, 0.717) is 6.42 Å². The van der Waals surface area contributed by atoms with Crippen molar-refractivity contribution in [3.63, 3.8) is 0 Å². The Morgan fingerprint density at radius 3 is 2.64 bits per heavy atom. The lowest BCUT2D eigenvalue weighted by molar-refractivity contribution is -0.148. The molecular weight excluding hydrogens is 430 g/mol. The molecule has 1 aliphatic carbocycles. The van der Waals surface area contributed by atoms with Crippen molar-refractivity contribution in [1.82, 2.24) is 4.90 Å². The van der Waals surface area contributed by atoms with Gasteiger partial charge in [-0.3, -0.25) is 14.4 Å². The Balaban J connectivity index is 0.000000709. The second-order valence-electron chi connectivity index (χ2n) is 8.66. The summed E-state index contributed by atoms with van der Waals surface area (Å²) in [6, 6.07) is 4.08. The van der Waals surface area contributed by atoms with Crippen LogP contribution in [-0.4, -0.2) is 65.9 Å². The molecule has 1 aromatic rings. The topological polar surface area (TPSA) is 123 Å². The minimum Gasteiger partial charge on any atom is -0.493 e. The first-order chi connectivity index (χ1) is 15.7. The third kappa shape index (κ3) is 5.47. The highest BCUT2D eigenvalue weighted by Crippen LogP contribution is 2.55. The van der Waals surface area contributed by atoms with E-state index < -0.39 is 11.9 Å². The molecule has 0 radical (unpaired) electrons. The molecular formula is C24H31NO8. The second kappa shape index (κ2) is 10.2. The van der Waals surface area contributed by atoms with Crippen LogP contribution in [-0.2, 0) is 31.1 Å². The number of methoxy groups -OCH3 is 1. The number of hydrogen-bond acceptors (Lipinski definition) is 7. The zero-order chi connectivity index (χ0) is 24.2. The van der Waals surface area contributed by atoms with Crippen molar-refractivity contribution >= 4 is 17.9 Å². The normalized spacial score (nSPS) is 24.8. The monoisotopic (exact) mass is 461 g/mol. The Bertz CT molecular complexity index is 939. The molecule has 1 spiro atoms. The highest BCUT2D eigenvalue weighted by Gasteiger charge is 2.53. The van der Waals surface area contributed by atoms with Crippen molar-refractivity contribution in [2.24, 2.45) is 0 Å². The van der Waals surface area contributed by atoms with Crippen molar-refractivity contribution < 1.29 is 38.8 Å². The van der Waals surface area contributed by atoms with E-state index in [1.54, 1.807) is 7.11 Å². The molecule has 1 aromatic carbocycles. The van der Waals surface area contributed by atoms with Crippen molar-refractivity contribution in [2.75, 3.05) is 20.7 Å². The summed E-state index contributed by atoms with van der Waals surface area (Å²) in [6.45, 7) is 2.89. The van der Waals surface area contributed by atoms with Crippen LogP contribution < -0.4 is 9.47 Å². The van der Waals surface area contributed by atoms with Crippen molar-refractivity contribution in [3.05, 3.63) is 35.4 Å². The number of carbonyl (C=O) groups excluding carboxylic acids is 1. The van der Waals surface area contributed by atoms with Gasteiger partial charge >= 0.3 is 11.9 Å². The molecule has 0 saturated carbocycles. The van der Waals surface area contributed by atoms with Crippen LogP contribution in [0.2, 0.25) is 0 Å². The number of carboxylic acid groups (broad SMARTS) is 2. The molecule has 0 unspecified atom stereocenters. The minimum absolute atomic E-state index is 0.0319. The molecule has 33 heavy (non-hydrogen) atoms. The Kier molecular flexibility index (Phi) is 7.63. The fourth-order valence-corrected chi connectivity index (χ4v) is 4.76. The van der Waals surface area contributed by atoms with Gasteiger partial charge in [0.25, 0.3) is 5.97 Å². The first-order valence-electron chi connectivity index (χ1n) is 11.0. The van der Waals surface area contributed by atoms with Gasteiger partial charge < -0.3 is 29.3 Å². The lowest BCUT2D eigenvalue weighted by Gasteiger charge is -2.36. The van der Waals surface area contributed by atoms with Crippen LogP contribution in [0.25, 0.3) is 0 Å². The molecule has 0 fully saturated rings. The first kappa shape index (κ1) is 24.6. The van der Waals surface area contributed by atoms with Gasteiger partial charge in [-0.2, -0.15) is 0 Å². The van der Waals surface area contributed by atoms with E-state index in [-0.39, 0.29) is 42.9 Å². The Morgan fingerprint density at radius 1 is 1.24 bits per heavy atom. The Labute approximate surface area is 192 Å². The highest BCUT2D eigenvalue weighted by molar-refractivity contribution is 5.72. The van der Waals surface area contributed by atoms with Crippen LogP contribution in [0.15, 0.2) is 24.3 Å². The predicted octanol–water partition coefficient (Wildman–Crippen LogP) is 2.75. The summed E-state index contributed by atoms with van der Waals surface area (Å²) < 4.78 is 17.5. The number of carbonyl (C=O) groups is 3. The smallest absolute Gasteiger partial charge is 0.306 e. The maximum Gasteiger partial charge on any atom is 0.306 e. The molecule has 0 saturated heterocycles. The molecule has 0 aromatic heterocycles. The lowest BCUT2D eigenvalue weighted by Crippen LogP contribution is -2.43. The van der Waals surface area contributed by atoms with Crippen LogP contribution in [0.1, 0.15) is 50.2 Å². The molecule has 9 heteroatoms. The van der Waals surface area contributed by atoms with Gasteiger partial charge in [0.2, 0.25) is 0 Å². The largest absolute Gasteiger partial charge is 0.493 e. The summed E-state index contributed by atoms with van der Waals surface area (Å²) >= 11 is 0. The third-order valence-corrected chi connectivity index (χ3v) is 6.18. The molecule has 3 aliphatic rings. The van der Waals surface area contributed by atoms with Crippen LogP contribution >= 0.6 is 0 Å². The van der Waals surface area contributed by atoms with Crippen LogP contribution in [0, 0.1) is 0 Å². The second-order valence-corrected chi connectivity index (χ2v) is 8.66. The van der Waals surface area contributed by atoms with Crippen molar-refractivity contribution in [3.8, 4) is 11.5 Å². The van der Waals surface area contributed by atoms with Gasteiger partial charge in [0.05, 0.1) is 12.5 Å². The van der Waals surface area contributed by atoms with Gasteiger partial charge in [-0.15, -0.1) is 0 Å². The minimum atomic E-state index is -0.905. The molecule has 3 atom stereocenters. The lowest BCUT2D eigenvalue weighted by atomic mass is 9.69. The molecule has 0 amide bonds. The fourth-order valence-electron chi connectivity index (χ4n) is 4.76. The van der Waals surface area contributed by atoms with E-state index in [4.69, 9.17) is 29.2 Å². The first-order valence-corrected chi connectivity index (χ1v) is 11.0. The summed E-state index contributed by atoms with van der Waals surface area (Å²) in [4.78, 5) is 34.0. The molecule has 2 N–H and O–H groups in total. The fraction of sp³-hybridized carbons (Fsp3) is 0.542. The van der Waals surface area contributed by atoms with Gasteiger partial charge in [0.15, 0.2) is 11.5 Å². The predicted molar refractivity (Wildman–Crippen MR) is 118 cm³/mol. The number of esters is 1. The van der Waals surface area contributed by atoms with E-state index in [1.807, 2.05) is 12.1 Å². The Hall–Kier alpha value is -3.07. The zero-order valence-electron chi connectivity index (χ0n) is 19.2. The number of nitrogens with zero attached hydrogens (tertiary/aromatic N) is 1. The van der Waals surface area contributed by atoms with E-state index in [0.717, 1.165) is 37.9 Å². The maximum absolute atomic E-state index is 12.1. The van der Waals surface area contributed by atoms with Crippen LogP contribution in [0.5, 0.6) is 11.5 Å². The van der Waals surface area contributed by atoms with E-state index >= 15 is 0 Å². The number of benzene rings is 1. The number of hydrogen-bond donors (Lipinski definition) is 2. The number of rotatable bonds is 6. The summed E-state index contributed by atoms with van der Waals surface area (Å²) in [5, 5.41) is 16.1. The average Bonchev–Trinajstić information content (AvgIpc) is 2.99. The van der Waals surface area contributed by atoms with E-state index in [9.17, 15) is 9.59 Å². The van der Waals surface area contributed by atoms with E-state index in [2.05, 4.69) is 24.1 Å². The van der Waals surface area contributed by atoms with Crippen LogP contribution in [0.3, 0.4) is 0 Å². The number of carboxylic acids is 2. The summed E-state index contributed by atoms with van der Waals surface area (Å²) in [6.07, 6.45) is 5.50. The van der Waals surface area contributed by atoms with Gasteiger partial charge in [0.1, 0.15) is 12.2 Å². The van der Waals surface area contributed by atoms with Crippen molar-refractivity contribution in [2.45, 2.75) is 63.2 Å². The number of ether oxygens (including phenoxy) is 3. The molecule has 0 bridgehead atoms. The molecule has 4 rings (SSSR count). The Morgan fingerprint density at radius 2 is 1.97 bits per heavy atom. The summed E-state index contributed by atoms with van der Waals surface area (Å²) in [5.74, 6) is -0.565. The molecule has 2 heterocycles. The van der Waals surface area contributed by atoms with Gasteiger partial charge in [-0.1, -0.05) is 12.1 Å². The van der Waals surface area contributed by atoms with E-state index in [1.165, 1.54) is 11.1 Å². The quantitative estimate of drug-likeness (QED) is 0.486. The average molecular weight is 462 g/mol. The molecule has 180 valence electrons. The van der Waals surface area contributed by atoms with Crippen molar-refractivity contribution in [1.29, 1.82) is 0 Å². The summed E-state index contributed by atoms with van der Waals surface area (Å²) in [5.41, 5.74) is 2.21. The number of aliphatic carboxylic acids is 2. The standard InChI is InChI=1S/C22H27NO6.C2H4O2/c1-23-11-10-22-9-8-15(28-19(26)5-3-4-18(24)25)12-17(22)29-21-16(27-2)7-6-14(13-23)20(21)22;1-2(3)4/h6-9,15,17H,3-5,10-13H2,1-2H3,(H,24,25);1H3,(H,3,4)/t15-,17-,22-;/m0./s1. The SMILES string of the molecule is CC(=O)O.COc1ccc2c3c1O[C@H]1C[C@@H](OC(=O)CCCC(=O)O)C=C[C@@]31CCN(C)C2. The third-order valence-electron chi connectivity index (χ3n) is 6.18. The van der Waals surface area contributed by atoms with Gasteiger partial charge in [0, 0.05) is 38.3 Å². The van der Waals surface area contributed by atoms with Crippen LogP contribution in [0.4, 0.5) is 0 Å². The molecule has 2 aliphatic heterocycles.